The summed E-state index contributed by atoms with van der Waals surface area (Å²) in [5, 5.41) is 2.74. The van der Waals surface area contributed by atoms with Crippen LogP contribution in [0.15, 0.2) is 54.6 Å². The van der Waals surface area contributed by atoms with Crippen molar-refractivity contribution in [3.8, 4) is 11.1 Å². The van der Waals surface area contributed by atoms with Crippen molar-refractivity contribution in [2.45, 2.75) is 58.0 Å². The third-order valence-corrected chi connectivity index (χ3v) is 6.94. The van der Waals surface area contributed by atoms with Gasteiger partial charge in [-0.15, -0.1) is 0 Å². The second-order valence-corrected chi connectivity index (χ2v) is 8.58. The Kier molecular flexibility index (Phi) is 4.28. The molecule has 3 aromatic rings. The molecule has 1 fully saturated rings. The van der Waals surface area contributed by atoms with E-state index in [1.807, 2.05) is 0 Å². The molecule has 1 saturated heterocycles. The maximum absolute atomic E-state index is 2.77. The van der Waals surface area contributed by atoms with Gasteiger partial charge in [-0.05, 0) is 91.1 Å². The van der Waals surface area contributed by atoms with Crippen LogP contribution in [0.25, 0.3) is 21.9 Å². The maximum atomic E-state index is 2.77. The van der Waals surface area contributed by atoms with E-state index in [2.05, 4.69) is 73.3 Å². The molecule has 2 atom stereocenters. The van der Waals surface area contributed by atoms with Crippen molar-refractivity contribution in [1.82, 2.24) is 4.90 Å². The number of hydrogen-bond donors (Lipinski definition) is 0. The predicted molar refractivity (Wildman–Crippen MR) is 115 cm³/mol. The molecule has 0 saturated carbocycles. The minimum atomic E-state index is 0.751. The van der Waals surface area contributed by atoms with E-state index in [4.69, 9.17) is 0 Å². The maximum Gasteiger partial charge on any atom is 0.0142 e. The quantitative estimate of drug-likeness (QED) is 0.532. The molecule has 1 heteroatoms. The minimum absolute atomic E-state index is 0.751. The number of likely N-dealkylation sites (tertiary alicyclic amines) is 1. The van der Waals surface area contributed by atoms with E-state index in [1.165, 1.54) is 66.1 Å². The predicted octanol–water partition coefficient (Wildman–Crippen LogP) is 6.16. The van der Waals surface area contributed by atoms with Gasteiger partial charge in [0, 0.05) is 12.1 Å². The second kappa shape index (κ2) is 6.80. The van der Waals surface area contributed by atoms with Crippen LogP contribution >= 0.6 is 0 Å². The molecule has 3 aromatic carbocycles. The van der Waals surface area contributed by atoms with E-state index in [-0.39, 0.29) is 0 Å². The lowest BCUT2D eigenvalue weighted by Crippen LogP contribution is -2.41. The summed E-state index contributed by atoms with van der Waals surface area (Å²) in [4.78, 5) is 2.77. The molecule has 2 unspecified atom stereocenters. The summed E-state index contributed by atoms with van der Waals surface area (Å²) in [6.45, 7) is 5.92. The van der Waals surface area contributed by atoms with Gasteiger partial charge in [-0.25, -0.2) is 0 Å². The average Bonchev–Trinajstić information content (AvgIpc) is 3.14. The van der Waals surface area contributed by atoms with E-state index in [9.17, 15) is 0 Å². The first-order valence-corrected chi connectivity index (χ1v) is 10.6. The van der Waals surface area contributed by atoms with Gasteiger partial charge < -0.3 is 0 Å². The Morgan fingerprint density at radius 3 is 2.56 bits per heavy atom. The third kappa shape index (κ3) is 2.99. The van der Waals surface area contributed by atoms with Gasteiger partial charge in [0.25, 0.3) is 0 Å². The minimum Gasteiger partial charge on any atom is -0.297 e. The van der Waals surface area contributed by atoms with E-state index < -0.39 is 0 Å². The van der Waals surface area contributed by atoms with E-state index in [1.54, 1.807) is 11.1 Å². The molecule has 0 radical (unpaired) electrons. The van der Waals surface area contributed by atoms with Crippen LogP contribution in [0.3, 0.4) is 0 Å². The van der Waals surface area contributed by atoms with Gasteiger partial charge in [-0.2, -0.15) is 0 Å². The molecule has 1 heterocycles. The molecule has 0 N–H and O–H groups in total. The Balaban J connectivity index is 1.49. The van der Waals surface area contributed by atoms with Crippen molar-refractivity contribution in [2.75, 3.05) is 6.54 Å². The zero-order valence-corrected chi connectivity index (χ0v) is 16.5. The summed E-state index contributed by atoms with van der Waals surface area (Å²) < 4.78 is 0. The first-order chi connectivity index (χ1) is 13.2. The van der Waals surface area contributed by atoms with Crippen molar-refractivity contribution in [3.05, 3.63) is 71.3 Å². The van der Waals surface area contributed by atoms with Crippen LogP contribution in [-0.2, 0) is 12.8 Å². The SMILES string of the molecule is Cc1ccc(-c2ccc3c(c2)CCC(N2CCCC2C)C3)c2ccccc12. The monoisotopic (exact) mass is 355 g/mol. The van der Waals surface area contributed by atoms with Crippen molar-refractivity contribution in [2.24, 2.45) is 0 Å². The number of benzene rings is 3. The normalized spacial score (nSPS) is 22.9. The van der Waals surface area contributed by atoms with Gasteiger partial charge in [0.1, 0.15) is 0 Å². The van der Waals surface area contributed by atoms with E-state index >= 15 is 0 Å². The summed E-state index contributed by atoms with van der Waals surface area (Å²) in [7, 11) is 0. The fourth-order valence-corrected chi connectivity index (χ4v) is 5.39. The van der Waals surface area contributed by atoms with Crippen LogP contribution in [0.1, 0.15) is 42.9 Å². The van der Waals surface area contributed by atoms with Gasteiger partial charge in [-0.3, -0.25) is 4.90 Å². The van der Waals surface area contributed by atoms with E-state index in [0.29, 0.717) is 0 Å². The molecular formula is C26H29N. The average molecular weight is 356 g/mol. The lowest BCUT2D eigenvalue weighted by atomic mass is 9.84. The largest absolute Gasteiger partial charge is 0.297 e. The highest BCUT2D eigenvalue weighted by Gasteiger charge is 2.30. The fourth-order valence-electron chi connectivity index (χ4n) is 5.39. The number of fused-ring (bicyclic) bond motifs is 2. The smallest absolute Gasteiger partial charge is 0.0142 e. The van der Waals surface area contributed by atoms with Gasteiger partial charge in [-0.1, -0.05) is 54.6 Å². The highest BCUT2D eigenvalue weighted by atomic mass is 15.2. The summed E-state index contributed by atoms with van der Waals surface area (Å²) in [6, 6.07) is 22.1. The topological polar surface area (TPSA) is 3.24 Å². The van der Waals surface area contributed by atoms with Crippen molar-refractivity contribution >= 4 is 10.8 Å². The van der Waals surface area contributed by atoms with Crippen LogP contribution < -0.4 is 0 Å². The molecule has 27 heavy (non-hydrogen) atoms. The standard InChI is InChI=1S/C26H29N/c1-18-9-14-25(26-8-4-3-7-24(18)26)22-11-10-21-17-23(13-12-20(21)16-22)27-15-5-6-19(27)2/h3-4,7-11,14,16,19,23H,5-6,12-13,15,17H2,1-2H3. The Hall–Kier alpha value is -2.12. The first kappa shape index (κ1) is 17.0. The van der Waals surface area contributed by atoms with Gasteiger partial charge >= 0.3 is 0 Å². The Morgan fingerprint density at radius 1 is 0.889 bits per heavy atom. The lowest BCUT2D eigenvalue weighted by Gasteiger charge is -2.35. The lowest BCUT2D eigenvalue weighted by molar-refractivity contribution is 0.174. The third-order valence-electron chi connectivity index (χ3n) is 6.94. The first-order valence-electron chi connectivity index (χ1n) is 10.6. The Morgan fingerprint density at radius 2 is 1.74 bits per heavy atom. The van der Waals surface area contributed by atoms with Crippen molar-refractivity contribution in [1.29, 1.82) is 0 Å². The molecule has 1 nitrogen and oxygen atoms in total. The summed E-state index contributed by atoms with van der Waals surface area (Å²) in [6.07, 6.45) is 6.53. The molecule has 0 aromatic heterocycles. The fraction of sp³-hybridized carbons (Fsp3) is 0.385. The number of nitrogens with zero attached hydrogens (tertiary/aromatic N) is 1. The second-order valence-electron chi connectivity index (χ2n) is 8.58. The summed E-state index contributed by atoms with van der Waals surface area (Å²) >= 11 is 0. The molecule has 0 spiro atoms. The van der Waals surface area contributed by atoms with Crippen molar-refractivity contribution < 1.29 is 0 Å². The van der Waals surface area contributed by atoms with Gasteiger partial charge in [0.15, 0.2) is 0 Å². The van der Waals surface area contributed by atoms with Crippen molar-refractivity contribution in [3.63, 3.8) is 0 Å². The Bertz CT molecular complexity index is 987. The molecule has 0 amide bonds. The van der Waals surface area contributed by atoms with Crippen LogP contribution in [0.2, 0.25) is 0 Å². The summed E-state index contributed by atoms with van der Waals surface area (Å²) in [5.74, 6) is 0. The van der Waals surface area contributed by atoms with E-state index in [0.717, 1.165) is 12.1 Å². The molecule has 2 aliphatic rings. The highest BCUT2D eigenvalue weighted by Crippen LogP contribution is 2.35. The van der Waals surface area contributed by atoms with Gasteiger partial charge in [0.2, 0.25) is 0 Å². The van der Waals surface area contributed by atoms with Crippen LogP contribution in [-0.4, -0.2) is 23.5 Å². The molecule has 138 valence electrons. The van der Waals surface area contributed by atoms with Crippen LogP contribution in [0, 0.1) is 6.92 Å². The zero-order chi connectivity index (χ0) is 18.4. The molecule has 5 rings (SSSR count). The zero-order valence-electron chi connectivity index (χ0n) is 16.5. The number of hydrogen-bond acceptors (Lipinski definition) is 1. The molecule has 1 aliphatic heterocycles. The molecule has 1 aliphatic carbocycles. The molecular weight excluding hydrogens is 326 g/mol. The summed E-state index contributed by atoms with van der Waals surface area (Å²) in [5.41, 5.74) is 7.24. The van der Waals surface area contributed by atoms with Crippen LogP contribution in [0.4, 0.5) is 0 Å². The van der Waals surface area contributed by atoms with Crippen LogP contribution in [0.5, 0.6) is 0 Å². The van der Waals surface area contributed by atoms with Gasteiger partial charge in [0.05, 0.1) is 0 Å². The molecule has 0 bridgehead atoms. The Labute approximate surface area is 163 Å². The highest BCUT2D eigenvalue weighted by molar-refractivity contribution is 5.98. The number of aryl methyl sites for hydroxylation is 2. The number of rotatable bonds is 2.